The molecule has 2 atom stereocenters. The molecule has 0 saturated heterocycles. The number of fused-ring (bicyclic) bond motifs is 1. The lowest BCUT2D eigenvalue weighted by molar-refractivity contribution is 0.0969. The number of hydrogen-bond acceptors (Lipinski definition) is 4. The van der Waals surface area contributed by atoms with E-state index in [1.807, 2.05) is 37.3 Å². The number of methoxy groups -OCH3 is 1. The smallest absolute Gasteiger partial charge is 0.126 e. The van der Waals surface area contributed by atoms with Crippen molar-refractivity contribution in [1.82, 2.24) is 0 Å². The highest BCUT2D eigenvalue weighted by molar-refractivity contribution is 5.50. The van der Waals surface area contributed by atoms with E-state index in [9.17, 15) is 0 Å². The molecule has 0 fully saturated rings. The van der Waals surface area contributed by atoms with Crippen LogP contribution in [0.3, 0.4) is 0 Å². The molecule has 0 spiro atoms. The molecule has 0 aliphatic carbocycles. The van der Waals surface area contributed by atoms with E-state index >= 15 is 0 Å². The third-order valence-electron chi connectivity index (χ3n) is 4.70. The summed E-state index contributed by atoms with van der Waals surface area (Å²) in [6, 6.07) is 11.8. The van der Waals surface area contributed by atoms with E-state index in [4.69, 9.17) is 19.9 Å². The fraction of sp³-hybridized carbons (Fsp3) is 0.381. The number of aryl methyl sites for hydroxylation is 2. The van der Waals surface area contributed by atoms with Crippen LogP contribution in [0.15, 0.2) is 36.4 Å². The highest BCUT2D eigenvalue weighted by Gasteiger charge is 2.24. The lowest BCUT2D eigenvalue weighted by atomic mass is 9.98. The van der Waals surface area contributed by atoms with Crippen molar-refractivity contribution >= 4 is 5.69 Å². The molecule has 1 radical (unpaired) electrons. The Bertz CT molecular complexity index is 729. The Labute approximate surface area is 149 Å². The number of ether oxygens (including phenoxy) is 3. The number of nitrogen functional groups attached to an aromatic ring is 1. The first-order valence-corrected chi connectivity index (χ1v) is 8.74. The van der Waals surface area contributed by atoms with Gasteiger partial charge in [-0.2, -0.15) is 0 Å². The Morgan fingerprint density at radius 1 is 1.24 bits per heavy atom. The van der Waals surface area contributed by atoms with Gasteiger partial charge in [0.2, 0.25) is 0 Å². The van der Waals surface area contributed by atoms with E-state index in [2.05, 4.69) is 13.0 Å². The van der Waals surface area contributed by atoms with E-state index in [-0.39, 0.29) is 12.2 Å². The molecule has 0 saturated carbocycles. The molecule has 1 heterocycles. The highest BCUT2D eigenvalue weighted by Crippen LogP contribution is 2.33. The molecule has 4 nitrogen and oxygen atoms in total. The predicted octanol–water partition coefficient (Wildman–Crippen LogP) is 4.34. The lowest BCUT2D eigenvalue weighted by Crippen LogP contribution is -2.30. The highest BCUT2D eigenvalue weighted by atomic mass is 16.5. The van der Waals surface area contributed by atoms with Gasteiger partial charge in [0, 0.05) is 24.2 Å². The van der Waals surface area contributed by atoms with Crippen molar-refractivity contribution in [3.8, 4) is 17.2 Å². The summed E-state index contributed by atoms with van der Waals surface area (Å²) in [4.78, 5) is 0. The topological polar surface area (TPSA) is 53.7 Å². The van der Waals surface area contributed by atoms with Crippen LogP contribution in [0.1, 0.15) is 30.4 Å². The van der Waals surface area contributed by atoms with Crippen molar-refractivity contribution in [2.45, 2.75) is 44.8 Å². The van der Waals surface area contributed by atoms with Crippen LogP contribution in [0.5, 0.6) is 17.2 Å². The average molecular weight is 340 g/mol. The van der Waals surface area contributed by atoms with Crippen LogP contribution < -0.4 is 19.9 Å². The number of anilines is 1. The molecule has 0 amide bonds. The summed E-state index contributed by atoms with van der Waals surface area (Å²) < 4.78 is 17.6. The molecular weight excluding hydrogens is 314 g/mol. The Balaban J connectivity index is 1.64. The normalized spacial score (nSPS) is 17.3. The molecule has 133 valence electrons. The predicted molar refractivity (Wildman–Crippen MR) is 100 cm³/mol. The molecule has 0 bridgehead atoms. The van der Waals surface area contributed by atoms with Gasteiger partial charge >= 0.3 is 0 Å². The van der Waals surface area contributed by atoms with Crippen molar-refractivity contribution in [2.24, 2.45) is 0 Å². The van der Waals surface area contributed by atoms with E-state index in [0.29, 0.717) is 6.42 Å². The first-order valence-electron chi connectivity index (χ1n) is 8.74. The fourth-order valence-electron chi connectivity index (χ4n) is 3.10. The minimum atomic E-state index is -0.000682. The van der Waals surface area contributed by atoms with Gasteiger partial charge in [0.05, 0.1) is 7.11 Å². The Hall–Kier alpha value is -2.36. The van der Waals surface area contributed by atoms with Gasteiger partial charge in [-0.05, 0) is 56.4 Å². The summed E-state index contributed by atoms with van der Waals surface area (Å²) in [7, 11) is 1.67. The first kappa shape index (κ1) is 17.5. The van der Waals surface area contributed by atoms with Crippen LogP contribution in [0.4, 0.5) is 5.69 Å². The molecule has 2 unspecified atom stereocenters. The molecule has 2 aromatic carbocycles. The maximum Gasteiger partial charge on any atom is 0.126 e. The van der Waals surface area contributed by atoms with Crippen molar-refractivity contribution in [3.05, 3.63) is 54.4 Å². The number of nitrogens with two attached hydrogens (primary N) is 1. The van der Waals surface area contributed by atoms with Gasteiger partial charge in [-0.15, -0.1) is 0 Å². The van der Waals surface area contributed by atoms with Gasteiger partial charge in [-0.3, -0.25) is 0 Å². The minimum Gasteiger partial charge on any atom is -0.497 e. The zero-order valence-electron chi connectivity index (χ0n) is 15.0. The maximum absolute atomic E-state index is 6.17. The molecular formula is C21H26NO3. The zero-order chi connectivity index (χ0) is 17.8. The summed E-state index contributed by atoms with van der Waals surface area (Å²) >= 11 is 0. The van der Waals surface area contributed by atoms with Gasteiger partial charge in [0.1, 0.15) is 29.5 Å². The third kappa shape index (κ3) is 4.19. The van der Waals surface area contributed by atoms with Gasteiger partial charge in [-0.25, -0.2) is 0 Å². The van der Waals surface area contributed by atoms with Crippen LogP contribution in [-0.2, 0) is 6.42 Å². The van der Waals surface area contributed by atoms with Gasteiger partial charge in [-0.1, -0.05) is 12.1 Å². The average Bonchev–Trinajstić information content (AvgIpc) is 2.63. The summed E-state index contributed by atoms with van der Waals surface area (Å²) in [5.41, 5.74) is 9.00. The quantitative estimate of drug-likeness (QED) is 0.795. The van der Waals surface area contributed by atoms with Crippen LogP contribution in [0, 0.1) is 13.8 Å². The summed E-state index contributed by atoms with van der Waals surface area (Å²) in [5.74, 6) is 2.52. The summed E-state index contributed by atoms with van der Waals surface area (Å²) in [6.45, 7) is 6.01. The Kier molecular flexibility index (Phi) is 5.37. The monoisotopic (exact) mass is 340 g/mol. The van der Waals surface area contributed by atoms with E-state index in [0.717, 1.165) is 47.8 Å². The maximum atomic E-state index is 6.17. The standard InChI is InChI=1S/C21H26NO3/c1-4-16(24-19-8-5-14(2)20(22)12-19)11-18-10-7-15-6-9-17(23-3)13-21(15)25-18/h5-6,8-9,12-13,16,18H,1,4,7,10-11,22H2,2-3H3. The van der Waals surface area contributed by atoms with Crippen LogP contribution in [0.25, 0.3) is 0 Å². The van der Waals surface area contributed by atoms with Gasteiger partial charge < -0.3 is 19.9 Å². The second-order valence-corrected chi connectivity index (χ2v) is 6.53. The number of hydrogen-bond donors (Lipinski definition) is 1. The molecule has 2 aromatic rings. The molecule has 4 heteroatoms. The fourth-order valence-corrected chi connectivity index (χ4v) is 3.10. The van der Waals surface area contributed by atoms with Crippen molar-refractivity contribution in [1.29, 1.82) is 0 Å². The zero-order valence-corrected chi connectivity index (χ0v) is 15.0. The van der Waals surface area contributed by atoms with E-state index < -0.39 is 0 Å². The first-order chi connectivity index (χ1) is 12.1. The molecule has 3 rings (SSSR count). The van der Waals surface area contributed by atoms with Gasteiger partial charge in [0.15, 0.2) is 0 Å². The van der Waals surface area contributed by atoms with Crippen molar-refractivity contribution in [2.75, 3.05) is 12.8 Å². The SMILES string of the molecule is [CH2]CC(CC1CCc2ccc(OC)cc2O1)Oc1ccc(C)c(N)c1. The minimum absolute atomic E-state index is 0.000682. The van der Waals surface area contributed by atoms with Crippen LogP contribution >= 0.6 is 0 Å². The van der Waals surface area contributed by atoms with E-state index in [1.165, 1.54) is 5.56 Å². The van der Waals surface area contributed by atoms with Crippen molar-refractivity contribution < 1.29 is 14.2 Å². The lowest BCUT2D eigenvalue weighted by Gasteiger charge is -2.29. The van der Waals surface area contributed by atoms with Gasteiger partial charge in [0.25, 0.3) is 0 Å². The summed E-state index contributed by atoms with van der Waals surface area (Å²) in [6.07, 6.45) is 3.58. The van der Waals surface area contributed by atoms with Crippen LogP contribution in [0.2, 0.25) is 0 Å². The summed E-state index contributed by atoms with van der Waals surface area (Å²) in [5, 5.41) is 0. The molecule has 1 aliphatic heterocycles. The second kappa shape index (κ2) is 7.68. The molecule has 0 aromatic heterocycles. The van der Waals surface area contributed by atoms with E-state index in [1.54, 1.807) is 7.11 Å². The Morgan fingerprint density at radius 2 is 2.04 bits per heavy atom. The Morgan fingerprint density at radius 3 is 2.76 bits per heavy atom. The third-order valence-corrected chi connectivity index (χ3v) is 4.70. The van der Waals surface area contributed by atoms with Crippen LogP contribution in [-0.4, -0.2) is 19.3 Å². The molecule has 1 aliphatic rings. The number of rotatable bonds is 6. The van der Waals surface area contributed by atoms with Crippen molar-refractivity contribution in [3.63, 3.8) is 0 Å². The second-order valence-electron chi connectivity index (χ2n) is 6.53. The largest absolute Gasteiger partial charge is 0.497 e. The molecule has 25 heavy (non-hydrogen) atoms. The number of benzene rings is 2. The molecule has 2 N–H and O–H groups in total.